The average molecular weight is 402 g/mol. The number of likely N-dealkylation sites (tertiary alicyclic amines) is 1. The van der Waals surface area contributed by atoms with Crippen LogP contribution in [0.15, 0.2) is 35.3 Å². The summed E-state index contributed by atoms with van der Waals surface area (Å²) < 4.78 is 11.3. The number of hydrogen-bond acceptors (Lipinski definition) is 3. The lowest BCUT2D eigenvalue weighted by molar-refractivity contribution is 0.0205. The second-order valence-electron chi connectivity index (χ2n) is 8.34. The topological polar surface area (TPSA) is 46.1 Å². The van der Waals surface area contributed by atoms with Gasteiger partial charge in [-0.25, -0.2) is 0 Å². The molecule has 1 aromatic rings. The molecule has 2 fully saturated rings. The highest BCUT2D eigenvalue weighted by molar-refractivity contribution is 5.80. The maximum atomic E-state index is 5.87. The predicted octanol–water partition coefficient (Wildman–Crippen LogP) is 3.74. The number of ether oxygens (including phenoxy) is 2. The van der Waals surface area contributed by atoms with E-state index in [0.717, 1.165) is 83.7 Å². The summed E-state index contributed by atoms with van der Waals surface area (Å²) in [5, 5.41) is 3.48. The molecule has 2 saturated heterocycles. The summed E-state index contributed by atoms with van der Waals surface area (Å²) in [6.45, 7) is 9.57. The minimum atomic E-state index is 0.682. The summed E-state index contributed by atoms with van der Waals surface area (Å²) in [6, 6.07) is 10.9. The molecule has 0 amide bonds. The van der Waals surface area contributed by atoms with Crippen LogP contribution in [0.4, 0.5) is 0 Å². The summed E-state index contributed by atoms with van der Waals surface area (Å²) in [7, 11) is 0. The van der Waals surface area contributed by atoms with Crippen molar-refractivity contribution >= 4 is 5.96 Å². The third-order valence-electron chi connectivity index (χ3n) is 6.02. The predicted molar refractivity (Wildman–Crippen MR) is 119 cm³/mol. The Morgan fingerprint density at radius 1 is 1.10 bits per heavy atom. The lowest BCUT2D eigenvalue weighted by atomic mass is 9.90. The number of hydrogen-bond donors (Lipinski definition) is 1. The molecular weight excluding hydrogens is 362 g/mol. The van der Waals surface area contributed by atoms with Gasteiger partial charge in [-0.2, -0.15) is 0 Å². The molecule has 0 aromatic heterocycles. The van der Waals surface area contributed by atoms with Crippen molar-refractivity contribution in [3.8, 4) is 0 Å². The van der Waals surface area contributed by atoms with E-state index in [0.29, 0.717) is 5.92 Å². The van der Waals surface area contributed by atoms with Crippen LogP contribution >= 0.6 is 0 Å². The molecule has 0 radical (unpaired) electrons. The molecule has 0 spiro atoms. The van der Waals surface area contributed by atoms with Crippen molar-refractivity contribution in [1.82, 2.24) is 10.2 Å². The van der Waals surface area contributed by atoms with E-state index in [2.05, 4.69) is 47.5 Å². The highest BCUT2D eigenvalue weighted by Crippen LogP contribution is 2.21. The Hall–Kier alpha value is -1.59. The van der Waals surface area contributed by atoms with Gasteiger partial charge in [0.1, 0.15) is 0 Å². The zero-order chi connectivity index (χ0) is 20.2. The molecule has 5 heteroatoms. The van der Waals surface area contributed by atoms with Gasteiger partial charge >= 0.3 is 0 Å². The first-order valence-corrected chi connectivity index (χ1v) is 11.6. The molecule has 0 bridgehead atoms. The lowest BCUT2D eigenvalue weighted by Crippen LogP contribution is -2.46. The number of rotatable bonds is 9. The Morgan fingerprint density at radius 2 is 1.86 bits per heavy atom. The molecule has 1 N–H and O–H groups in total. The van der Waals surface area contributed by atoms with E-state index in [1.165, 1.54) is 24.8 Å². The SMILES string of the molecule is CCNC(=NCCCOCC1CCOCC1)N1CCC(Cc2ccccc2)CC1. The summed E-state index contributed by atoms with van der Waals surface area (Å²) in [6.07, 6.45) is 6.96. The molecule has 2 aliphatic rings. The Balaban J connectivity index is 1.34. The number of nitrogens with zero attached hydrogens (tertiary/aromatic N) is 2. The van der Waals surface area contributed by atoms with Gasteiger partial charge in [0.15, 0.2) is 5.96 Å². The second-order valence-corrected chi connectivity index (χ2v) is 8.34. The van der Waals surface area contributed by atoms with Gasteiger partial charge in [-0.3, -0.25) is 4.99 Å². The fourth-order valence-corrected chi connectivity index (χ4v) is 4.24. The molecule has 1 aromatic carbocycles. The van der Waals surface area contributed by atoms with E-state index in [-0.39, 0.29) is 0 Å². The standard InChI is InChI=1S/C24H39N3O2/c1-2-25-24(26-13-6-16-29-20-23-11-17-28-18-12-23)27-14-9-22(10-15-27)19-21-7-4-3-5-8-21/h3-5,7-8,22-23H,2,6,9-20H2,1H3,(H,25,26). The maximum absolute atomic E-state index is 5.87. The molecule has 2 aliphatic heterocycles. The molecule has 0 aliphatic carbocycles. The van der Waals surface area contributed by atoms with Crippen molar-refractivity contribution < 1.29 is 9.47 Å². The largest absolute Gasteiger partial charge is 0.381 e. The van der Waals surface area contributed by atoms with Crippen molar-refractivity contribution in [2.24, 2.45) is 16.8 Å². The molecule has 162 valence electrons. The van der Waals surface area contributed by atoms with Crippen LogP contribution in [0, 0.1) is 11.8 Å². The van der Waals surface area contributed by atoms with Crippen LogP contribution in [0.5, 0.6) is 0 Å². The van der Waals surface area contributed by atoms with Crippen molar-refractivity contribution in [2.75, 3.05) is 52.6 Å². The number of piperidine rings is 1. The normalized spacial score (nSPS) is 19.5. The number of benzene rings is 1. The van der Waals surface area contributed by atoms with Crippen molar-refractivity contribution in [3.05, 3.63) is 35.9 Å². The monoisotopic (exact) mass is 401 g/mol. The summed E-state index contributed by atoms with van der Waals surface area (Å²) in [4.78, 5) is 7.30. The van der Waals surface area contributed by atoms with Gasteiger partial charge < -0.3 is 19.7 Å². The summed E-state index contributed by atoms with van der Waals surface area (Å²) in [5.74, 6) is 2.55. The molecular formula is C24H39N3O2. The lowest BCUT2D eigenvalue weighted by Gasteiger charge is -2.34. The number of nitrogens with one attached hydrogen (secondary N) is 1. The molecule has 2 heterocycles. The zero-order valence-electron chi connectivity index (χ0n) is 18.2. The van der Waals surface area contributed by atoms with Gasteiger partial charge in [-0.1, -0.05) is 30.3 Å². The summed E-state index contributed by atoms with van der Waals surface area (Å²) >= 11 is 0. The third-order valence-corrected chi connectivity index (χ3v) is 6.02. The second kappa shape index (κ2) is 12.9. The van der Waals surface area contributed by atoms with Crippen LogP contribution in [0.1, 0.15) is 44.6 Å². The van der Waals surface area contributed by atoms with E-state index in [1.54, 1.807) is 0 Å². The molecule has 3 rings (SSSR count). The van der Waals surface area contributed by atoms with E-state index in [4.69, 9.17) is 14.5 Å². The Labute approximate surface area is 176 Å². The van der Waals surface area contributed by atoms with E-state index < -0.39 is 0 Å². The van der Waals surface area contributed by atoms with Crippen LogP contribution in [0.3, 0.4) is 0 Å². The highest BCUT2D eigenvalue weighted by atomic mass is 16.5. The van der Waals surface area contributed by atoms with Gasteiger partial charge in [-0.15, -0.1) is 0 Å². The Bertz CT molecular complexity index is 579. The van der Waals surface area contributed by atoms with Crippen molar-refractivity contribution in [2.45, 2.75) is 45.4 Å². The van der Waals surface area contributed by atoms with E-state index in [1.807, 2.05) is 0 Å². The van der Waals surface area contributed by atoms with Crippen molar-refractivity contribution in [3.63, 3.8) is 0 Å². The van der Waals surface area contributed by atoms with Crippen LogP contribution in [-0.4, -0.2) is 63.5 Å². The van der Waals surface area contributed by atoms with Gasteiger partial charge in [0.2, 0.25) is 0 Å². The van der Waals surface area contributed by atoms with E-state index in [9.17, 15) is 0 Å². The Kier molecular flexibility index (Phi) is 9.80. The van der Waals surface area contributed by atoms with Crippen molar-refractivity contribution in [1.29, 1.82) is 0 Å². The first kappa shape index (κ1) is 22.1. The maximum Gasteiger partial charge on any atom is 0.193 e. The molecule has 0 atom stereocenters. The third kappa shape index (κ3) is 7.98. The fourth-order valence-electron chi connectivity index (χ4n) is 4.24. The smallest absolute Gasteiger partial charge is 0.193 e. The van der Waals surface area contributed by atoms with Gasteiger partial charge in [-0.05, 0) is 62.8 Å². The minimum absolute atomic E-state index is 0.682. The van der Waals surface area contributed by atoms with Crippen LogP contribution in [-0.2, 0) is 15.9 Å². The first-order chi connectivity index (χ1) is 14.3. The van der Waals surface area contributed by atoms with Crippen LogP contribution in [0.25, 0.3) is 0 Å². The summed E-state index contributed by atoms with van der Waals surface area (Å²) in [5.41, 5.74) is 1.47. The quantitative estimate of drug-likeness (QED) is 0.389. The molecule has 0 saturated carbocycles. The molecule has 5 nitrogen and oxygen atoms in total. The van der Waals surface area contributed by atoms with E-state index >= 15 is 0 Å². The van der Waals surface area contributed by atoms with Gasteiger partial charge in [0.25, 0.3) is 0 Å². The number of aliphatic imine (C=N–C) groups is 1. The Morgan fingerprint density at radius 3 is 2.59 bits per heavy atom. The van der Waals surface area contributed by atoms with Crippen LogP contribution in [0.2, 0.25) is 0 Å². The molecule has 0 unspecified atom stereocenters. The zero-order valence-corrected chi connectivity index (χ0v) is 18.2. The molecule has 29 heavy (non-hydrogen) atoms. The fraction of sp³-hybridized carbons (Fsp3) is 0.708. The van der Waals surface area contributed by atoms with Crippen LogP contribution < -0.4 is 5.32 Å². The highest BCUT2D eigenvalue weighted by Gasteiger charge is 2.21. The first-order valence-electron chi connectivity index (χ1n) is 11.6. The van der Waals surface area contributed by atoms with Gasteiger partial charge in [0, 0.05) is 52.6 Å². The minimum Gasteiger partial charge on any atom is -0.381 e. The number of guanidine groups is 1. The van der Waals surface area contributed by atoms with Gasteiger partial charge in [0.05, 0.1) is 0 Å². The average Bonchev–Trinajstić information content (AvgIpc) is 2.77.